The van der Waals surface area contributed by atoms with Crippen LogP contribution >= 0.6 is 23.4 Å². The predicted octanol–water partition coefficient (Wildman–Crippen LogP) is 6.36. The van der Waals surface area contributed by atoms with E-state index >= 15 is 0 Å². The molecule has 2 heterocycles. The summed E-state index contributed by atoms with van der Waals surface area (Å²) in [5, 5.41) is 2.30. The molecule has 5 rings (SSSR count). The first-order valence-electron chi connectivity index (χ1n) is 11.2. The van der Waals surface area contributed by atoms with E-state index in [0.29, 0.717) is 27.9 Å². The molecule has 36 heavy (non-hydrogen) atoms. The van der Waals surface area contributed by atoms with Gasteiger partial charge in [0, 0.05) is 41.3 Å². The standard InChI is InChI=1S/C28H22ClN3O3S/c1-31-26(33)25(36-28(31)30-21-10-7-9-18(14-21)27(34)35-2)15-20-17-32(24-13-6-4-11-22(20)24)16-19-8-3-5-12-23(19)29/h3-15,17H,16H2,1-2H3. The predicted molar refractivity (Wildman–Crippen MR) is 146 cm³/mol. The molecule has 0 radical (unpaired) electrons. The molecule has 3 aromatic carbocycles. The topological polar surface area (TPSA) is 63.9 Å². The molecular formula is C28H22ClN3O3S. The Labute approximate surface area is 217 Å². The number of para-hydroxylation sites is 1. The zero-order chi connectivity index (χ0) is 25.2. The fraction of sp³-hybridized carbons (Fsp3) is 0.107. The number of amidine groups is 1. The van der Waals surface area contributed by atoms with Crippen LogP contribution in [0.4, 0.5) is 5.69 Å². The molecule has 8 heteroatoms. The van der Waals surface area contributed by atoms with Gasteiger partial charge in [-0.15, -0.1) is 0 Å². The number of halogens is 1. The van der Waals surface area contributed by atoms with Crippen LogP contribution in [0.15, 0.2) is 88.9 Å². The summed E-state index contributed by atoms with van der Waals surface area (Å²) in [6.07, 6.45) is 3.95. The summed E-state index contributed by atoms with van der Waals surface area (Å²) in [4.78, 5) is 31.6. The fourth-order valence-electron chi connectivity index (χ4n) is 4.05. The van der Waals surface area contributed by atoms with Crippen molar-refractivity contribution in [2.75, 3.05) is 14.2 Å². The highest BCUT2D eigenvalue weighted by molar-refractivity contribution is 8.18. The van der Waals surface area contributed by atoms with Crippen molar-refractivity contribution in [2.45, 2.75) is 6.54 Å². The van der Waals surface area contributed by atoms with Gasteiger partial charge < -0.3 is 9.30 Å². The number of rotatable bonds is 5. The minimum atomic E-state index is -0.436. The first-order chi connectivity index (χ1) is 17.4. The van der Waals surface area contributed by atoms with Crippen molar-refractivity contribution in [3.05, 3.63) is 106 Å². The van der Waals surface area contributed by atoms with Crippen LogP contribution in [0.5, 0.6) is 0 Å². The number of fused-ring (bicyclic) bond motifs is 1. The molecule has 0 saturated carbocycles. The molecule has 0 aliphatic carbocycles. The number of carbonyl (C=O) groups excluding carboxylic acids is 2. The largest absolute Gasteiger partial charge is 0.465 e. The number of esters is 1. The molecule has 1 fully saturated rings. The SMILES string of the molecule is COC(=O)c1cccc(N=C2SC(=Cc3cn(Cc4ccccc4Cl)c4ccccc34)C(=O)N2C)c1. The monoisotopic (exact) mass is 515 g/mol. The Morgan fingerprint density at radius 2 is 1.86 bits per heavy atom. The summed E-state index contributed by atoms with van der Waals surface area (Å²) in [5.74, 6) is -0.569. The van der Waals surface area contributed by atoms with Crippen molar-refractivity contribution in [3.63, 3.8) is 0 Å². The molecule has 1 aromatic heterocycles. The van der Waals surface area contributed by atoms with Crippen LogP contribution in [-0.4, -0.2) is 40.7 Å². The van der Waals surface area contributed by atoms with Crippen LogP contribution in [0, 0.1) is 0 Å². The highest BCUT2D eigenvalue weighted by Gasteiger charge is 2.30. The molecule has 0 unspecified atom stereocenters. The number of ether oxygens (including phenoxy) is 1. The molecule has 0 N–H and O–H groups in total. The number of likely N-dealkylation sites (N-methyl/N-ethyl adjacent to an activating group) is 1. The number of aliphatic imine (C=N–C) groups is 1. The normalized spacial score (nSPS) is 15.9. The van der Waals surface area contributed by atoms with E-state index < -0.39 is 5.97 Å². The molecule has 1 saturated heterocycles. The molecule has 4 aromatic rings. The minimum absolute atomic E-state index is 0.134. The van der Waals surface area contributed by atoms with Crippen molar-refractivity contribution in [2.24, 2.45) is 4.99 Å². The van der Waals surface area contributed by atoms with E-state index in [1.165, 1.54) is 23.8 Å². The molecule has 6 nitrogen and oxygen atoms in total. The quantitative estimate of drug-likeness (QED) is 0.229. The number of amides is 1. The van der Waals surface area contributed by atoms with E-state index in [2.05, 4.69) is 15.6 Å². The number of hydrogen-bond donors (Lipinski definition) is 0. The van der Waals surface area contributed by atoms with E-state index in [4.69, 9.17) is 16.3 Å². The molecule has 1 aliphatic rings. The average Bonchev–Trinajstić information content (AvgIpc) is 3.37. The smallest absolute Gasteiger partial charge is 0.337 e. The van der Waals surface area contributed by atoms with Crippen molar-refractivity contribution in [3.8, 4) is 0 Å². The third-order valence-corrected chi connectivity index (χ3v) is 7.33. The molecule has 0 bridgehead atoms. The van der Waals surface area contributed by atoms with Gasteiger partial charge in [-0.25, -0.2) is 9.79 Å². The van der Waals surface area contributed by atoms with Gasteiger partial charge in [-0.2, -0.15) is 0 Å². The van der Waals surface area contributed by atoms with Crippen molar-refractivity contribution in [1.82, 2.24) is 9.47 Å². The van der Waals surface area contributed by atoms with Crippen molar-refractivity contribution >= 4 is 63.1 Å². The highest BCUT2D eigenvalue weighted by atomic mass is 35.5. The molecule has 0 spiro atoms. The lowest BCUT2D eigenvalue weighted by Crippen LogP contribution is -2.23. The van der Waals surface area contributed by atoms with Gasteiger partial charge in [-0.05, 0) is 53.7 Å². The maximum Gasteiger partial charge on any atom is 0.337 e. The Kier molecular flexibility index (Phi) is 6.67. The summed E-state index contributed by atoms with van der Waals surface area (Å²) >= 11 is 7.71. The Bertz CT molecular complexity index is 1560. The highest BCUT2D eigenvalue weighted by Crippen LogP contribution is 2.35. The molecule has 1 amide bonds. The lowest BCUT2D eigenvalue weighted by Gasteiger charge is -2.07. The number of nitrogens with zero attached hydrogens (tertiary/aromatic N) is 3. The Hall–Kier alpha value is -3.81. The van der Waals surface area contributed by atoms with Crippen LogP contribution in [0.3, 0.4) is 0 Å². The maximum atomic E-state index is 13.1. The van der Waals surface area contributed by atoms with Gasteiger partial charge in [0.2, 0.25) is 0 Å². The molecule has 1 aliphatic heterocycles. The summed E-state index contributed by atoms with van der Waals surface area (Å²) < 4.78 is 6.93. The number of hydrogen-bond acceptors (Lipinski definition) is 5. The van der Waals surface area contributed by atoms with Gasteiger partial charge in [0.05, 0.1) is 23.3 Å². The van der Waals surface area contributed by atoms with Gasteiger partial charge in [-0.1, -0.05) is 54.1 Å². The van der Waals surface area contributed by atoms with Crippen LogP contribution in [0.2, 0.25) is 5.02 Å². The van der Waals surface area contributed by atoms with Gasteiger partial charge in [0.1, 0.15) is 0 Å². The lowest BCUT2D eigenvalue weighted by molar-refractivity contribution is -0.121. The average molecular weight is 516 g/mol. The van der Waals surface area contributed by atoms with Crippen LogP contribution in [0.25, 0.3) is 17.0 Å². The van der Waals surface area contributed by atoms with E-state index in [0.717, 1.165) is 27.1 Å². The lowest BCUT2D eigenvalue weighted by atomic mass is 10.1. The minimum Gasteiger partial charge on any atom is -0.465 e. The number of aromatic nitrogens is 1. The van der Waals surface area contributed by atoms with Crippen molar-refractivity contribution < 1.29 is 14.3 Å². The summed E-state index contributed by atoms with van der Waals surface area (Å²) in [7, 11) is 3.03. The maximum absolute atomic E-state index is 13.1. The number of benzene rings is 3. The Morgan fingerprint density at radius 3 is 2.67 bits per heavy atom. The molecular weight excluding hydrogens is 494 g/mol. The van der Waals surface area contributed by atoms with Crippen LogP contribution in [-0.2, 0) is 16.1 Å². The van der Waals surface area contributed by atoms with E-state index in [-0.39, 0.29) is 5.91 Å². The third-order valence-electron chi connectivity index (χ3n) is 5.90. The van der Waals surface area contributed by atoms with Gasteiger partial charge >= 0.3 is 5.97 Å². The third kappa shape index (κ3) is 4.67. The Balaban J connectivity index is 1.48. The first-order valence-corrected chi connectivity index (χ1v) is 12.4. The zero-order valence-electron chi connectivity index (χ0n) is 19.6. The summed E-state index contributed by atoms with van der Waals surface area (Å²) in [6, 6.07) is 22.7. The van der Waals surface area contributed by atoms with E-state index in [1.807, 2.05) is 54.7 Å². The fourth-order valence-corrected chi connectivity index (χ4v) is 5.23. The second kappa shape index (κ2) is 10.0. The second-order valence-corrected chi connectivity index (χ2v) is 9.65. The first kappa shape index (κ1) is 23.9. The molecule has 180 valence electrons. The summed E-state index contributed by atoms with van der Waals surface area (Å²) in [5.41, 5.74) is 3.99. The number of methoxy groups -OCH3 is 1. The Morgan fingerprint density at radius 1 is 1.08 bits per heavy atom. The number of thioether (sulfide) groups is 1. The van der Waals surface area contributed by atoms with Gasteiger partial charge in [0.25, 0.3) is 5.91 Å². The van der Waals surface area contributed by atoms with Crippen LogP contribution < -0.4 is 0 Å². The van der Waals surface area contributed by atoms with Crippen molar-refractivity contribution in [1.29, 1.82) is 0 Å². The second-order valence-electron chi connectivity index (χ2n) is 8.23. The van der Waals surface area contributed by atoms with E-state index in [1.54, 1.807) is 31.3 Å². The van der Waals surface area contributed by atoms with Gasteiger partial charge in [-0.3, -0.25) is 9.69 Å². The number of carbonyl (C=O) groups is 2. The zero-order valence-corrected chi connectivity index (χ0v) is 21.2. The van der Waals surface area contributed by atoms with E-state index in [9.17, 15) is 9.59 Å². The van der Waals surface area contributed by atoms with Gasteiger partial charge in [0.15, 0.2) is 5.17 Å². The summed E-state index contributed by atoms with van der Waals surface area (Å²) in [6.45, 7) is 0.619. The van der Waals surface area contributed by atoms with Crippen LogP contribution in [0.1, 0.15) is 21.5 Å². The molecule has 0 atom stereocenters.